The van der Waals surface area contributed by atoms with Crippen molar-refractivity contribution < 1.29 is 9.59 Å². The number of nitrogens with zero attached hydrogens (tertiary/aromatic N) is 2. The van der Waals surface area contributed by atoms with Gasteiger partial charge >= 0.3 is 0 Å². The van der Waals surface area contributed by atoms with E-state index in [2.05, 4.69) is 37.3 Å². The van der Waals surface area contributed by atoms with Crippen LogP contribution in [0.2, 0.25) is 0 Å². The number of fused-ring (bicyclic) bond motifs is 1. The number of piperidine rings is 1. The second-order valence-electron chi connectivity index (χ2n) is 6.95. The van der Waals surface area contributed by atoms with Gasteiger partial charge in [-0.15, -0.1) is 0 Å². The first-order valence-electron chi connectivity index (χ1n) is 7.61. The first-order valence-corrected chi connectivity index (χ1v) is 7.61. The van der Waals surface area contributed by atoms with E-state index in [1.807, 2.05) is 19.1 Å². The third-order valence-electron chi connectivity index (χ3n) is 4.22. The van der Waals surface area contributed by atoms with Gasteiger partial charge in [0.05, 0.1) is 11.2 Å². The molecule has 1 aromatic carbocycles. The molecular formula is C17H21N3O2. The van der Waals surface area contributed by atoms with E-state index in [0.717, 1.165) is 16.6 Å². The van der Waals surface area contributed by atoms with Crippen LogP contribution in [0.1, 0.15) is 50.9 Å². The van der Waals surface area contributed by atoms with Gasteiger partial charge in [0, 0.05) is 11.8 Å². The second-order valence-corrected chi connectivity index (χ2v) is 6.95. The molecule has 5 heteroatoms. The number of rotatable bonds is 1. The molecule has 0 radical (unpaired) electrons. The lowest BCUT2D eigenvalue weighted by molar-refractivity contribution is -0.135. The van der Waals surface area contributed by atoms with Gasteiger partial charge in [0.1, 0.15) is 6.04 Å². The van der Waals surface area contributed by atoms with E-state index in [4.69, 9.17) is 0 Å². The summed E-state index contributed by atoms with van der Waals surface area (Å²) in [5.74, 6) is -0.466. The summed E-state index contributed by atoms with van der Waals surface area (Å²) in [7, 11) is 0. The Kier molecular flexibility index (Phi) is 3.31. The molecule has 2 aromatic rings. The second kappa shape index (κ2) is 4.93. The van der Waals surface area contributed by atoms with E-state index in [1.165, 1.54) is 5.56 Å². The van der Waals surface area contributed by atoms with Gasteiger partial charge in [-0.05, 0) is 30.4 Å². The first-order chi connectivity index (χ1) is 10.3. The summed E-state index contributed by atoms with van der Waals surface area (Å²) in [6.45, 7) is 8.49. The molecule has 22 heavy (non-hydrogen) atoms. The molecule has 5 nitrogen and oxygen atoms in total. The van der Waals surface area contributed by atoms with Gasteiger partial charge in [0.25, 0.3) is 5.91 Å². The average Bonchev–Trinajstić information content (AvgIpc) is 2.75. The zero-order chi connectivity index (χ0) is 16.1. The SMILES string of the molecule is Cc1nn(C2CCC(=O)NC2=O)c2cccc(C(C)(C)C)c12. The Morgan fingerprint density at radius 2 is 2.00 bits per heavy atom. The first kappa shape index (κ1) is 14.8. The van der Waals surface area contributed by atoms with E-state index in [0.29, 0.717) is 12.8 Å². The highest BCUT2D eigenvalue weighted by Gasteiger charge is 2.31. The number of hydrogen-bond acceptors (Lipinski definition) is 3. The number of carbonyl (C=O) groups excluding carboxylic acids is 2. The summed E-state index contributed by atoms with van der Waals surface area (Å²) in [4.78, 5) is 23.5. The van der Waals surface area contributed by atoms with Crippen LogP contribution in [-0.4, -0.2) is 21.6 Å². The van der Waals surface area contributed by atoms with Crippen molar-refractivity contribution in [1.82, 2.24) is 15.1 Å². The van der Waals surface area contributed by atoms with Gasteiger partial charge in [0.15, 0.2) is 0 Å². The van der Waals surface area contributed by atoms with Crippen molar-refractivity contribution in [3.05, 3.63) is 29.5 Å². The molecule has 1 saturated heterocycles. The molecule has 1 fully saturated rings. The Labute approximate surface area is 129 Å². The van der Waals surface area contributed by atoms with Crippen LogP contribution < -0.4 is 5.32 Å². The Hall–Kier alpha value is -2.17. The predicted octanol–water partition coefficient (Wildman–Crippen LogP) is 2.62. The Morgan fingerprint density at radius 3 is 2.64 bits per heavy atom. The number of aromatic nitrogens is 2. The van der Waals surface area contributed by atoms with E-state index >= 15 is 0 Å². The molecule has 1 aromatic heterocycles. The van der Waals surface area contributed by atoms with Crippen LogP contribution in [0.4, 0.5) is 0 Å². The van der Waals surface area contributed by atoms with Crippen molar-refractivity contribution in [2.45, 2.75) is 52.0 Å². The molecule has 116 valence electrons. The molecule has 0 saturated carbocycles. The number of hydrogen-bond donors (Lipinski definition) is 1. The topological polar surface area (TPSA) is 64.0 Å². The van der Waals surface area contributed by atoms with Crippen LogP contribution in [0.3, 0.4) is 0 Å². The number of benzene rings is 1. The lowest BCUT2D eigenvalue weighted by Gasteiger charge is -2.23. The van der Waals surface area contributed by atoms with Crippen molar-refractivity contribution in [2.24, 2.45) is 0 Å². The zero-order valence-corrected chi connectivity index (χ0v) is 13.4. The maximum Gasteiger partial charge on any atom is 0.251 e. The van der Waals surface area contributed by atoms with Crippen LogP contribution in [0.25, 0.3) is 10.9 Å². The molecule has 3 rings (SSSR count). The monoisotopic (exact) mass is 299 g/mol. The Balaban J connectivity index is 2.17. The van der Waals surface area contributed by atoms with Gasteiger partial charge < -0.3 is 0 Å². The van der Waals surface area contributed by atoms with Gasteiger partial charge in [-0.1, -0.05) is 32.9 Å². The zero-order valence-electron chi connectivity index (χ0n) is 13.4. The highest BCUT2D eigenvalue weighted by Crippen LogP contribution is 2.34. The molecule has 1 aliphatic heterocycles. The van der Waals surface area contributed by atoms with Crippen molar-refractivity contribution in [3.63, 3.8) is 0 Å². The maximum absolute atomic E-state index is 12.1. The molecule has 1 N–H and O–H groups in total. The fourth-order valence-electron chi connectivity index (χ4n) is 3.15. The third-order valence-corrected chi connectivity index (χ3v) is 4.22. The number of imide groups is 1. The summed E-state index contributed by atoms with van der Waals surface area (Å²) in [5, 5.41) is 8.13. The van der Waals surface area contributed by atoms with Crippen molar-refractivity contribution in [3.8, 4) is 0 Å². The number of carbonyl (C=O) groups is 2. The van der Waals surface area contributed by atoms with E-state index < -0.39 is 6.04 Å². The summed E-state index contributed by atoms with van der Waals surface area (Å²) in [6, 6.07) is 5.70. The minimum absolute atomic E-state index is 0.00290. The van der Waals surface area contributed by atoms with Crippen molar-refractivity contribution >= 4 is 22.7 Å². The highest BCUT2D eigenvalue weighted by molar-refractivity contribution is 6.00. The van der Waals surface area contributed by atoms with Crippen LogP contribution in [0, 0.1) is 6.92 Å². The van der Waals surface area contributed by atoms with Crippen LogP contribution in [-0.2, 0) is 15.0 Å². The van der Waals surface area contributed by atoms with Gasteiger partial charge in [-0.2, -0.15) is 5.10 Å². The fourth-order valence-corrected chi connectivity index (χ4v) is 3.15. The Bertz CT molecular complexity index is 768. The van der Waals surface area contributed by atoms with Crippen LogP contribution in [0.15, 0.2) is 18.2 Å². The third kappa shape index (κ3) is 2.30. The van der Waals surface area contributed by atoms with Gasteiger partial charge in [-0.25, -0.2) is 0 Å². The largest absolute Gasteiger partial charge is 0.295 e. The molecule has 1 atom stereocenters. The number of nitrogens with one attached hydrogen (secondary N) is 1. The van der Waals surface area contributed by atoms with E-state index in [-0.39, 0.29) is 17.2 Å². The minimum atomic E-state index is -0.413. The predicted molar refractivity (Wildman–Crippen MR) is 84.6 cm³/mol. The van der Waals surface area contributed by atoms with Gasteiger partial charge in [-0.3, -0.25) is 19.6 Å². The smallest absolute Gasteiger partial charge is 0.251 e. The lowest BCUT2D eigenvalue weighted by Crippen LogP contribution is -2.42. The Morgan fingerprint density at radius 1 is 1.27 bits per heavy atom. The van der Waals surface area contributed by atoms with Crippen molar-refractivity contribution in [1.29, 1.82) is 0 Å². The molecule has 1 aliphatic rings. The summed E-state index contributed by atoms with van der Waals surface area (Å²) in [6.07, 6.45) is 0.858. The molecule has 0 bridgehead atoms. The van der Waals surface area contributed by atoms with Crippen LogP contribution in [0.5, 0.6) is 0 Å². The quantitative estimate of drug-likeness (QED) is 0.823. The van der Waals surface area contributed by atoms with Gasteiger partial charge in [0.2, 0.25) is 5.91 Å². The van der Waals surface area contributed by atoms with E-state index in [1.54, 1.807) is 4.68 Å². The standard InChI is InChI=1S/C17H21N3O2/c1-10-15-11(17(2,3)4)6-5-7-12(15)20(19-10)13-8-9-14(21)18-16(13)22/h5-7,13H,8-9H2,1-4H3,(H,18,21,22). The molecule has 2 amide bonds. The molecule has 1 unspecified atom stereocenters. The normalized spacial score (nSPS) is 19.5. The lowest BCUT2D eigenvalue weighted by atomic mass is 9.84. The summed E-state index contributed by atoms with van der Waals surface area (Å²) >= 11 is 0. The molecule has 0 aliphatic carbocycles. The van der Waals surface area contributed by atoms with Crippen molar-refractivity contribution in [2.75, 3.05) is 0 Å². The minimum Gasteiger partial charge on any atom is -0.295 e. The number of amides is 2. The summed E-state index contributed by atoms with van der Waals surface area (Å²) < 4.78 is 1.78. The maximum atomic E-state index is 12.1. The number of aryl methyl sites for hydroxylation is 1. The summed E-state index contributed by atoms with van der Waals surface area (Å²) in [5.41, 5.74) is 3.11. The fraction of sp³-hybridized carbons (Fsp3) is 0.471. The van der Waals surface area contributed by atoms with E-state index in [9.17, 15) is 9.59 Å². The average molecular weight is 299 g/mol. The molecule has 2 heterocycles. The van der Waals surface area contributed by atoms with Crippen LogP contribution >= 0.6 is 0 Å². The molecular weight excluding hydrogens is 278 g/mol. The molecule has 0 spiro atoms. The highest BCUT2D eigenvalue weighted by atomic mass is 16.2.